The van der Waals surface area contributed by atoms with Crippen LogP contribution >= 0.6 is 0 Å². The molecule has 1 aliphatic rings. The normalized spacial score (nSPS) is 18.1. The summed E-state index contributed by atoms with van der Waals surface area (Å²) in [6, 6.07) is 6.03. The molecule has 1 aromatic carbocycles. The van der Waals surface area contributed by atoms with Crippen LogP contribution in [0.1, 0.15) is 47.7 Å². The average Bonchev–Trinajstić information content (AvgIpc) is 2.49. The summed E-state index contributed by atoms with van der Waals surface area (Å²) in [5.41, 5.74) is 3.00. The van der Waals surface area contributed by atoms with Crippen LogP contribution in [0.3, 0.4) is 0 Å². The number of aliphatic hydroxyl groups is 1. The Bertz CT molecular complexity index is 482. The molecule has 0 radical (unpaired) electrons. The molecule has 1 amide bonds. The molecule has 1 N–H and O–H groups in total. The van der Waals surface area contributed by atoms with Gasteiger partial charge in [-0.2, -0.15) is 0 Å². The van der Waals surface area contributed by atoms with E-state index in [0.717, 1.165) is 49.0 Å². The maximum absolute atomic E-state index is 12.6. The summed E-state index contributed by atoms with van der Waals surface area (Å²) >= 11 is 0. The second kappa shape index (κ2) is 5.96. The van der Waals surface area contributed by atoms with Crippen molar-refractivity contribution in [2.75, 3.05) is 19.7 Å². The van der Waals surface area contributed by atoms with Crippen molar-refractivity contribution >= 4 is 5.91 Å². The molecule has 2 rings (SSSR count). The van der Waals surface area contributed by atoms with Gasteiger partial charge in [-0.3, -0.25) is 4.79 Å². The largest absolute Gasteiger partial charge is 0.396 e. The van der Waals surface area contributed by atoms with E-state index in [1.165, 1.54) is 0 Å². The van der Waals surface area contributed by atoms with Crippen LogP contribution in [0, 0.1) is 19.3 Å². The molecule has 1 aliphatic heterocycles. The Hall–Kier alpha value is -1.35. The van der Waals surface area contributed by atoms with Crippen LogP contribution in [0.5, 0.6) is 0 Å². The fourth-order valence-electron chi connectivity index (χ4n) is 2.94. The van der Waals surface area contributed by atoms with E-state index >= 15 is 0 Å². The Morgan fingerprint density at radius 2 is 1.95 bits per heavy atom. The molecule has 0 saturated carbocycles. The third-order valence-corrected chi connectivity index (χ3v) is 4.82. The zero-order chi connectivity index (χ0) is 14.8. The first-order chi connectivity index (χ1) is 9.51. The maximum atomic E-state index is 12.6. The molecule has 0 bridgehead atoms. The Morgan fingerprint density at radius 1 is 1.30 bits per heavy atom. The van der Waals surface area contributed by atoms with Gasteiger partial charge in [0.25, 0.3) is 5.91 Å². The van der Waals surface area contributed by atoms with E-state index in [4.69, 9.17) is 0 Å². The van der Waals surface area contributed by atoms with Crippen molar-refractivity contribution in [1.29, 1.82) is 0 Å². The standard InChI is InChI=1S/C17H25NO2/c1-4-17(12-19)7-9-18(10-8-17)16(20)15-11-13(2)5-6-14(15)3/h5-6,11,19H,4,7-10,12H2,1-3H3. The van der Waals surface area contributed by atoms with E-state index < -0.39 is 0 Å². The van der Waals surface area contributed by atoms with Gasteiger partial charge in [0.2, 0.25) is 0 Å². The highest BCUT2D eigenvalue weighted by Gasteiger charge is 2.34. The number of hydrogen-bond donors (Lipinski definition) is 1. The second-order valence-electron chi connectivity index (χ2n) is 6.12. The van der Waals surface area contributed by atoms with Crippen LogP contribution in [0.15, 0.2) is 18.2 Å². The summed E-state index contributed by atoms with van der Waals surface area (Å²) in [5, 5.41) is 9.56. The third-order valence-electron chi connectivity index (χ3n) is 4.82. The molecule has 0 spiro atoms. The molecule has 1 heterocycles. The number of nitrogens with zero attached hydrogens (tertiary/aromatic N) is 1. The molecular formula is C17H25NO2. The topological polar surface area (TPSA) is 40.5 Å². The van der Waals surface area contributed by atoms with Gasteiger partial charge in [-0.15, -0.1) is 0 Å². The number of hydrogen-bond acceptors (Lipinski definition) is 2. The molecule has 0 aliphatic carbocycles. The van der Waals surface area contributed by atoms with E-state index in [2.05, 4.69) is 6.92 Å². The predicted molar refractivity (Wildman–Crippen MR) is 80.9 cm³/mol. The van der Waals surface area contributed by atoms with Crippen molar-refractivity contribution < 1.29 is 9.90 Å². The molecular weight excluding hydrogens is 250 g/mol. The number of carbonyl (C=O) groups excluding carboxylic acids is 1. The van der Waals surface area contributed by atoms with Crippen LogP contribution in [0.2, 0.25) is 0 Å². The number of aryl methyl sites for hydroxylation is 2. The monoisotopic (exact) mass is 275 g/mol. The Balaban J connectivity index is 2.10. The number of benzene rings is 1. The second-order valence-corrected chi connectivity index (χ2v) is 6.12. The van der Waals surface area contributed by atoms with Gasteiger partial charge in [0.1, 0.15) is 0 Å². The van der Waals surface area contributed by atoms with Gasteiger partial charge in [-0.05, 0) is 50.2 Å². The van der Waals surface area contributed by atoms with Crippen molar-refractivity contribution in [2.24, 2.45) is 5.41 Å². The van der Waals surface area contributed by atoms with Gasteiger partial charge in [0.05, 0.1) is 0 Å². The summed E-state index contributed by atoms with van der Waals surface area (Å²) in [6.45, 7) is 7.86. The first kappa shape index (κ1) is 15.0. The van der Waals surface area contributed by atoms with E-state index in [1.54, 1.807) is 0 Å². The van der Waals surface area contributed by atoms with Crippen LogP contribution < -0.4 is 0 Å². The lowest BCUT2D eigenvalue weighted by Crippen LogP contribution is -2.44. The molecule has 3 heteroatoms. The summed E-state index contributed by atoms with van der Waals surface area (Å²) in [6.07, 6.45) is 2.78. The molecule has 1 fully saturated rings. The molecule has 3 nitrogen and oxygen atoms in total. The summed E-state index contributed by atoms with van der Waals surface area (Å²) in [5.74, 6) is 0.133. The Labute approximate surface area is 121 Å². The molecule has 1 aromatic rings. The summed E-state index contributed by atoms with van der Waals surface area (Å²) < 4.78 is 0. The quantitative estimate of drug-likeness (QED) is 0.921. The number of likely N-dealkylation sites (tertiary alicyclic amines) is 1. The van der Waals surface area contributed by atoms with Crippen molar-refractivity contribution in [3.05, 3.63) is 34.9 Å². The smallest absolute Gasteiger partial charge is 0.254 e. The van der Waals surface area contributed by atoms with E-state index in [0.29, 0.717) is 0 Å². The van der Waals surface area contributed by atoms with E-state index in [9.17, 15) is 9.90 Å². The Morgan fingerprint density at radius 3 is 2.50 bits per heavy atom. The number of carbonyl (C=O) groups is 1. The first-order valence-corrected chi connectivity index (χ1v) is 7.49. The van der Waals surface area contributed by atoms with Gasteiger partial charge < -0.3 is 10.0 Å². The number of rotatable bonds is 3. The average molecular weight is 275 g/mol. The van der Waals surface area contributed by atoms with Crippen molar-refractivity contribution in [2.45, 2.75) is 40.0 Å². The van der Waals surface area contributed by atoms with Crippen LogP contribution in [0.4, 0.5) is 0 Å². The highest BCUT2D eigenvalue weighted by molar-refractivity contribution is 5.95. The van der Waals surface area contributed by atoms with Crippen LogP contribution in [-0.2, 0) is 0 Å². The summed E-state index contributed by atoms with van der Waals surface area (Å²) in [7, 11) is 0. The van der Waals surface area contributed by atoms with Crippen molar-refractivity contribution in [3.8, 4) is 0 Å². The van der Waals surface area contributed by atoms with Crippen LogP contribution in [-0.4, -0.2) is 35.6 Å². The molecule has 0 unspecified atom stereocenters. The Kier molecular flexibility index (Phi) is 4.48. The number of aliphatic hydroxyl groups excluding tert-OH is 1. The lowest BCUT2D eigenvalue weighted by Gasteiger charge is -2.40. The van der Waals surface area contributed by atoms with Gasteiger partial charge in [-0.25, -0.2) is 0 Å². The third kappa shape index (κ3) is 2.88. The first-order valence-electron chi connectivity index (χ1n) is 7.49. The lowest BCUT2D eigenvalue weighted by molar-refractivity contribution is 0.0337. The number of piperidine rings is 1. The number of amides is 1. The maximum Gasteiger partial charge on any atom is 0.254 e. The minimum atomic E-state index is 0.0262. The minimum absolute atomic E-state index is 0.0262. The molecule has 20 heavy (non-hydrogen) atoms. The highest BCUT2D eigenvalue weighted by Crippen LogP contribution is 2.34. The van der Waals surface area contributed by atoms with Crippen LogP contribution in [0.25, 0.3) is 0 Å². The van der Waals surface area contributed by atoms with Gasteiger partial charge in [0, 0.05) is 25.3 Å². The lowest BCUT2D eigenvalue weighted by atomic mass is 9.77. The fourth-order valence-corrected chi connectivity index (χ4v) is 2.94. The van der Waals surface area contributed by atoms with Crippen molar-refractivity contribution in [3.63, 3.8) is 0 Å². The van der Waals surface area contributed by atoms with E-state index in [-0.39, 0.29) is 17.9 Å². The van der Waals surface area contributed by atoms with Crippen molar-refractivity contribution in [1.82, 2.24) is 4.90 Å². The van der Waals surface area contributed by atoms with Gasteiger partial charge >= 0.3 is 0 Å². The van der Waals surface area contributed by atoms with Gasteiger partial charge in [0.15, 0.2) is 0 Å². The fraction of sp³-hybridized carbons (Fsp3) is 0.588. The zero-order valence-corrected chi connectivity index (χ0v) is 12.8. The van der Waals surface area contributed by atoms with E-state index in [1.807, 2.05) is 36.9 Å². The zero-order valence-electron chi connectivity index (χ0n) is 12.8. The highest BCUT2D eigenvalue weighted by atomic mass is 16.3. The molecule has 0 atom stereocenters. The molecule has 1 saturated heterocycles. The molecule has 0 aromatic heterocycles. The predicted octanol–water partition coefficient (Wildman–Crippen LogP) is 2.93. The minimum Gasteiger partial charge on any atom is -0.396 e. The van der Waals surface area contributed by atoms with Gasteiger partial charge in [-0.1, -0.05) is 24.6 Å². The molecule has 110 valence electrons. The summed E-state index contributed by atoms with van der Waals surface area (Å²) in [4.78, 5) is 14.6. The SMILES string of the molecule is CCC1(CO)CCN(C(=O)c2cc(C)ccc2C)CC1.